The van der Waals surface area contributed by atoms with Crippen LogP contribution in [0.25, 0.3) is 10.9 Å². The van der Waals surface area contributed by atoms with Crippen molar-refractivity contribution in [1.82, 2.24) is 20.3 Å². The predicted molar refractivity (Wildman–Crippen MR) is 81.3 cm³/mol. The van der Waals surface area contributed by atoms with E-state index in [4.69, 9.17) is 4.74 Å². The Morgan fingerprint density at radius 2 is 2.00 bits per heavy atom. The number of ether oxygens (including phenoxy) is 1. The third kappa shape index (κ3) is 2.98. The number of nitrogens with one attached hydrogen (secondary N) is 1. The Hall–Kier alpha value is -2.53. The van der Waals surface area contributed by atoms with Crippen molar-refractivity contribution >= 4 is 10.9 Å². The van der Waals surface area contributed by atoms with Crippen LogP contribution in [0, 0.1) is 6.92 Å². The lowest BCUT2D eigenvalue weighted by Gasteiger charge is -2.08. The van der Waals surface area contributed by atoms with Crippen molar-refractivity contribution in [2.45, 2.75) is 13.5 Å². The summed E-state index contributed by atoms with van der Waals surface area (Å²) in [4.78, 5) is 13.1. The monoisotopic (exact) mass is 280 g/mol. The molecule has 1 aromatic carbocycles. The van der Waals surface area contributed by atoms with Gasteiger partial charge in [0.2, 0.25) is 5.88 Å². The average molecular weight is 280 g/mol. The summed E-state index contributed by atoms with van der Waals surface area (Å²) in [6.07, 6.45) is 3.32. The zero-order valence-electron chi connectivity index (χ0n) is 12.0. The summed E-state index contributed by atoms with van der Waals surface area (Å²) >= 11 is 0. The van der Waals surface area contributed by atoms with E-state index in [1.165, 1.54) is 0 Å². The quantitative estimate of drug-likeness (QED) is 0.796. The molecule has 0 fully saturated rings. The third-order valence-corrected chi connectivity index (χ3v) is 3.06. The van der Waals surface area contributed by atoms with Gasteiger partial charge in [0.15, 0.2) is 5.75 Å². The number of aryl methyl sites for hydroxylation is 1. The van der Waals surface area contributed by atoms with Crippen LogP contribution in [0.15, 0.2) is 42.7 Å². The lowest BCUT2D eigenvalue weighted by Crippen LogP contribution is -2.07. The van der Waals surface area contributed by atoms with Crippen molar-refractivity contribution in [2.75, 3.05) is 7.05 Å². The molecule has 5 heteroatoms. The molecule has 0 aliphatic carbocycles. The van der Waals surface area contributed by atoms with Gasteiger partial charge >= 0.3 is 0 Å². The van der Waals surface area contributed by atoms with E-state index in [1.807, 2.05) is 44.3 Å². The Morgan fingerprint density at radius 3 is 2.86 bits per heavy atom. The summed E-state index contributed by atoms with van der Waals surface area (Å²) in [7, 11) is 1.87. The van der Waals surface area contributed by atoms with Gasteiger partial charge in [-0.3, -0.25) is 4.98 Å². The molecule has 0 aliphatic rings. The van der Waals surface area contributed by atoms with Crippen LogP contribution in [-0.2, 0) is 6.54 Å². The molecule has 0 spiro atoms. The van der Waals surface area contributed by atoms with E-state index in [9.17, 15) is 0 Å². The maximum Gasteiger partial charge on any atom is 0.238 e. The van der Waals surface area contributed by atoms with Gasteiger partial charge in [0.1, 0.15) is 5.52 Å². The van der Waals surface area contributed by atoms with Crippen LogP contribution in [0.5, 0.6) is 11.6 Å². The molecule has 0 saturated heterocycles. The second-order valence-corrected chi connectivity index (χ2v) is 4.76. The zero-order valence-corrected chi connectivity index (χ0v) is 12.0. The Morgan fingerprint density at radius 1 is 1.10 bits per heavy atom. The number of pyridine rings is 1. The lowest BCUT2D eigenvalue weighted by atomic mass is 10.2. The van der Waals surface area contributed by atoms with Gasteiger partial charge in [-0.1, -0.05) is 18.2 Å². The number of nitrogens with zero attached hydrogens (tertiary/aromatic N) is 3. The van der Waals surface area contributed by atoms with Crippen LogP contribution in [0.3, 0.4) is 0 Å². The number of hydrogen-bond donors (Lipinski definition) is 1. The molecule has 0 unspecified atom stereocenters. The smallest absolute Gasteiger partial charge is 0.238 e. The SMILES string of the molecule is CNCc1cncc(Oc2cccc3ccc(C)nc23)n1. The van der Waals surface area contributed by atoms with E-state index in [2.05, 4.69) is 20.3 Å². The van der Waals surface area contributed by atoms with E-state index < -0.39 is 0 Å². The maximum atomic E-state index is 5.87. The lowest BCUT2D eigenvalue weighted by molar-refractivity contribution is 0.461. The zero-order chi connectivity index (χ0) is 14.7. The van der Waals surface area contributed by atoms with Crippen LogP contribution >= 0.6 is 0 Å². The van der Waals surface area contributed by atoms with Crippen molar-refractivity contribution in [3.05, 3.63) is 54.1 Å². The first-order valence-corrected chi connectivity index (χ1v) is 6.76. The molecule has 0 amide bonds. The summed E-state index contributed by atoms with van der Waals surface area (Å²) < 4.78 is 5.87. The van der Waals surface area contributed by atoms with E-state index >= 15 is 0 Å². The van der Waals surface area contributed by atoms with Crippen molar-refractivity contribution in [3.63, 3.8) is 0 Å². The minimum absolute atomic E-state index is 0.471. The maximum absolute atomic E-state index is 5.87. The van der Waals surface area contributed by atoms with Crippen molar-refractivity contribution < 1.29 is 4.74 Å². The van der Waals surface area contributed by atoms with E-state index in [0.717, 1.165) is 22.3 Å². The topological polar surface area (TPSA) is 59.9 Å². The highest BCUT2D eigenvalue weighted by molar-refractivity contribution is 5.84. The fraction of sp³-hybridized carbons (Fsp3) is 0.188. The fourth-order valence-corrected chi connectivity index (χ4v) is 2.11. The summed E-state index contributed by atoms with van der Waals surface area (Å²) in [5, 5.41) is 4.08. The Kier molecular flexibility index (Phi) is 3.75. The molecule has 5 nitrogen and oxygen atoms in total. The highest BCUT2D eigenvalue weighted by Gasteiger charge is 2.07. The number of fused-ring (bicyclic) bond motifs is 1. The molecule has 0 aliphatic heterocycles. The van der Waals surface area contributed by atoms with Gasteiger partial charge in [0, 0.05) is 23.8 Å². The van der Waals surface area contributed by atoms with Gasteiger partial charge in [-0.25, -0.2) is 9.97 Å². The Balaban J connectivity index is 1.98. The molecule has 0 atom stereocenters. The molecule has 0 saturated carbocycles. The summed E-state index contributed by atoms with van der Waals surface area (Å²) in [6.45, 7) is 2.61. The largest absolute Gasteiger partial charge is 0.435 e. The van der Waals surface area contributed by atoms with Gasteiger partial charge in [0.25, 0.3) is 0 Å². The summed E-state index contributed by atoms with van der Waals surface area (Å²) in [5.74, 6) is 1.16. The van der Waals surface area contributed by atoms with Gasteiger partial charge < -0.3 is 10.1 Å². The molecule has 1 N–H and O–H groups in total. The van der Waals surface area contributed by atoms with Crippen LogP contribution in [0.2, 0.25) is 0 Å². The highest BCUT2D eigenvalue weighted by Crippen LogP contribution is 2.27. The average Bonchev–Trinajstić information content (AvgIpc) is 2.49. The van der Waals surface area contributed by atoms with E-state index in [-0.39, 0.29) is 0 Å². The van der Waals surface area contributed by atoms with Gasteiger partial charge in [0.05, 0.1) is 11.9 Å². The number of para-hydroxylation sites is 1. The minimum Gasteiger partial charge on any atom is -0.435 e. The van der Waals surface area contributed by atoms with Crippen LogP contribution in [0.4, 0.5) is 0 Å². The highest BCUT2D eigenvalue weighted by atomic mass is 16.5. The van der Waals surface area contributed by atoms with Crippen molar-refractivity contribution in [1.29, 1.82) is 0 Å². The molecule has 0 bridgehead atoms. The molecule has 106 valence electrons. The first-order valence-electron chi connectivity index (χ1n) is 6.76. The first-order chi connectivity index (χ1) is 10.3. The van der Waals surface area contributed by atoms with Crippen LogP contribution < -0.4 is 10.1 Å². The Bertz CT molecular complexity index is 773. The third-order valence-electron chi connectivity index (χ3n) is 3.06. The van der Waals surface area contributed by atoms with Crippen LogP contribution in [0.1, 0.15) is 11.4 Å². The normalized spacial score (nSPS) is 10.8. The second-order valence-electron chi connectivity index (χ2n) is 4.76. The molecular formula is C16H16N4O. The van der Waals surface area contributed by atoms with Crippen molar-refractivity contribution in [2.24, 2.45) is 0 Å². The number of benzene rings is 1. The molecule has 0 radical (unpaired) electrons. The molecule has 21 heavy (non-hydrogen) atoms. The number of rotatable bonds is 4. The van der Waals surface area contributed by atoms with E-state index in [0.29, 0.717) is 18.2 Å². The van der Waals surface area contributed by atoms with Gasteiger partial charge in [-0.05, 0) is 26.1 Å². The summed E-state index contributed by atoms with van der Waals surface area (Å²) in [6, 6.07) is 9.87. The van der Waals surface area contributed by atoms with Crippen LogP contribution in [-0.4, -0.2) is 22.0 Å². The fourth-order valence-electron chi connectivity index (χ4n) is 2.11. The number of hydrogen-bond acceptors (Lipinski definition) is 5. The molecule has 2 aromatic heterocycles. The standard InChI is InChI=1S/C16H16N4O/c1-11-6-7-12-4-3-5-14(16(12)19-11)21-15-10-18-9-13(20-15)8-17-2/h3-7,9-10,17H,8H2,1-2H3. The molecule has 3 rings (SSSR count). The summed E-state index contributed by atoms with van der Waals surface area (Å²) in [5.41, 5.74) is 2.62. The van der Waals surface area contributed by atoms with Gasteiger partial charge in [-0.15, -0.1) is 0 Å². The molecular weight excluding hydrogens is 264 g/mol. The molecule has 3 aromatic rings. The van der Waals surface area contributed by atoms with Gasteiger partial charge in [-0.2, -0.15) is 0 Å². The minimum atomic E-state index is 0.471. The number of aromatic nitrogens is 3. The molecule has 2 heterocycles. The van der Waals surface area contributed by atoms with Crippen molar-refractivity contribution in [3.8, 4) is 11.6 Å². The Labute approximate surface area is 123 Å². The second kappa shape index (κ2) is 5.85. The predicted octanol–water partition coefficient (Wildman–Crippen LogP) is 2.84. The van der Waals surface area contributed by atoms with E-state index in [1.54, 1.807) is 12.4 Å². The first kappa shape index (κ1) is 13.5.